The lowest BCUT2D eigenvalue weighted by Crippen LogP contribution is -2.36. The van der Waals surface area contributed by atoms with E-state index in [9.17, 15) is 8.42 Å². The van der Waals surface area contributed by atoms with Gasteiger partial charge in [-0.2, -0.15) is 4.31 Å². The molecule has 20 heavy (non-hydrogen) atoms. The van der Waals surface area contributed by atoms with Gasteiger partial charge in [-0.1, -0.05) is 30.3 Å². The molecule has 1 aliphatic rings. The Hall–Kier alpha value is -1.24. The van der Waals surface area contributed by atoms with Crippen molar-refractivity contribution in [2.45, 2.75) is 25.6 Å². The minimum absolute atomic E-state index is 0.0704. The molecule has 0 radical (unpaired) electrons. The Morgan fingerprint density at radius 3 is 2.80 bits per heavy atom. The number of sulfonamides is 1. The molecule has 0 aliphatic carbocycles. The van der Waals surface area contributed by atoms with Crippen LogP contribution in [0.4, 0.5) is 0 Å². The highest BCUT2D eigenvalue weighted by Gasteiger charge is 2.28. The van der Waals surface area contributed by atoms with Gasteiger partial charge >= 0.3 is 0 Å². The van der Waals surface area contributed by atoms with E-state index in [0.29, 0.717) is 19.5 Å². The minimum atomic E-state index is -3.26. The lowest BCUT2D eigenvalue weighted by atomic mass is 10.2. The summed E-state index contributed by atoms with van der Waals surface area (Å²) in [6.07, 6.45) is 0.716. The highest BCUT2D eigenvalue weighted by atomic mass is 32.2. The van der Waals surface area contributed by atoms with E-state index in [0.717, 1.165) is 21.1 Å². The first-order valence-corrected chi connectivity index (χ1v) is 8.94. The second-order valence-corrected chi connectivity index (χ2v) is 8.18. The molecule has 2 aromatic rings. The Morgan fingerprint density at radius 2 is 2.05 bits per heavy atom. The molecule has 1 aliphatic heterocycles. The summed E-state index contributed by atoms with van der Waals surface area (Å²) in [6.45, 7) is 2.97. The fraction of sp³-hybridized carbons (Fsp3) is 0.357. The quantitative estimate of drug-likeness (QED) is 0.874. The first kappa shape index (κ1) is 13.7. The maximum Gasteiger partial charge on any atom is 0.218 e. The zero-order valence-electron chi connectivity index (χ0n) is 11.2. The molecule has 0 spiro atoms. The summed E-state index contributed by atoms with van der Waals surface area (Å²) in [6, 6.07) is 9.33. The summed E-state index contributed by atoms with van der Waals surface area (Å²) in [5, 5.41) is 1.01. The van der Waals surface area contributed by atoms with Gasteiger partial charge in [0.2, 0.25) is 10.0 Å². The van der Waals surface area contributed by atoms with Crippen LogP contribution in [0.25, 0.3) is 0 Å². The first-order valence-electron chi connectivity index (χ1n) is 6.51. The van der Waals surface area contributed by atoms with E-state index < -0.39 is 10.0 Å². The number of fused-ring (bicyclic) bond motifs is 1. The third-order valence-corrected chi connectivity index (χ3v) is 6.18. The molecule has 106 valence electrons. The molecule has 0 unspecified atom stereocenters. The zero-order valence-corrected chi connectivity index (χ0v) is 12.9. The second kappa shape index (κ2) is 5.27. The summed E-state index contributed by atoms with van der Waals surface area (Å²) < 4.78 is 26.5. The predicted octanol–water partition coefficient (Wildman–Crippen LogP) is 2.34. The molecule has 1 aromatic carbocycles. The summed E-state index contributed by atoms with van der Waals surface area (Å²) in [5.74, 6) is 0.0704. The van der Waals surface area contributed by atoms with Crippen molar-refractivity contribution in [3.63, 3.8) is 0 Å². The standard InChI is InChI=1S/C14H16N2O2S2/c1-11-15-13-7-8-16(9-14(13)19-11)20(17,18)10-12-5-3-2-4-6-12/h2-6H,7-10H2,1H3. The van der Waals surface area contributed by atoms with Crippen molar-refractivity contribution < 1.29 is 8.42 Å². The van der Waals surface area contributed by atoms with Crippen molar-refractivity contribution in [3.05, 3.63) is 51.5 Å². The Labute approximate surface area is 123 Å². The highest BCUT2D eigenvalue weighted by molar-refractivity contribution is 7.88. The van der Waals surface area contributed by atoms with Crippen LogP contribution in [0.5, 0.6) is 0 Å². The normalized spacial score (nSPS) is 16.1. The molecule has 0 atom stereocenters. The second-order valence-electron chi connectivity index (χ2n) is 4.93. The van der Waals surface area contributed by atoms with Gasteiger partial charge in [-0.15, -0.1) is 11.3 Å². The van der Waals surface area contributed by atoms with E-state index in [-0.39, 0.29) is 5.75 Å². The van der Waals surface area contributed by atoms with Crippen LogP contribution in [0.2, 0.25) is 0 Å². The first-order chi connectivity index (χ1) is 9.54. The third kappa shape index (κ3) is 2.77. The van der Waals surface area contributed by atoms with E-state index in [4.69, 9.17) is 0 Å². The molecule has 0 bridgehead atoms. The van der Waals surface area contributed by atoms with E-state index >= 15 is 0 Å². The van der Waals surface area contributed by atoms with Gasteiger partial charge in [0.15, 0.2) is 0 Å². The van der Waals surface area contributed by atoms with Gasteiger partial charge < -0.3 is 0 Å². The van der Waals surface area contributed by atoms with Gasteiger partial charge in [0.05, 0.1) is 16.5 Å². The molecule has 4 nitrogen and oxygen atoms in total. The number of hydrogen-bond donors (Lipinski definition) is 0. The Morgan fingerprint density at radius 1 is 1.30 bits per heavy atom. The molecular weight excluding hydrogens is 292 g/mol. The Balaban J connectivity index is 1.79. The number of rotatable bonds is 3. The van der Waals surface area contributed by atoms with Gasteiger partial charge in [0.1, 0.15) is 0 Å². The van der Waals surface area contributed by atoms with Crippen LogP contribution in [-0.2, 0) is 28.7 Å². The average molecular weight is 308 g/mol. The number of benzene rings is 1. The van der Waals surface area contributed by atoms with Crippen molar-refractivity contribution in [2.75, 3.05) is 6.54 Å². The maximum atomic E-state index is 12.5. The maximum absolute atomic E-state index is 12.5. The smallest absolute Gasteiger partial charge is 0.218 e. The third-order valence-electron chi connectivity index (χ3n) is 3.39. The van der Waals surface area contributed by atoms with Crippen molar-refractivity contribution >= 4 is 21.4 Å². The number of aryl methyl sites for hydroxylation is 1. The van der Waals surface area contributed by atoms with Gasteiger partial charge in [-0.05, 0) is 12.5 Å². The van der Waals surface area contributed by atoms with Gasteiger partial charge in [0, 0.05) is 24.4 Å². The van der Waals surface area contributed by atoms with Crippen LogP contribution in [-0.4, -0.2) is 24.3 Å². The zero-order chi connectivity index (χ0) is 14.2. The van der Waals surface area contributed by atoms with E-state index in [1.807, 2.05) is 37.3 Å². The highest BCUT2D eigenvalue weighted by Crippen LogP contribution is 2.27. The van der Waals surface area contributed by atoms with E-state index in [1.165, 1.54) is 0 Å². The molecular formula is C14H16N2O2S2. The van der Waals surface area contributed by atoms with Gasteiger partial charge in [0.25, 0.3) is 0 Å². The number of hydrogen-bond acceptors (Lipinski definition) is 4. The summed E-state index contributed by atoms with van der Waals surface area (Å²) in [4.78, 5) is 5.54. The average Bonchev–Trinajstić information content (AvgIpc) is 2.78. The van der Waals surface area contributed by atoms with Crippen LogP contribution in [0.1, 0.15) is 21.1 Å². The van der Waals surface area contributed by atoms with Crippen molar-refractivity contribution in [3.8, 4) is 0 Å². The SMILES string of the molecule is Cc1nc2c(s1)CN(S(=O)(=O)Cc1ccccc1)CC2. The summed E-state index contributed by atoms with van der Waals surface area (Å²) in [5.41, 5.74) is 1.90. The lowest BCUT2D eigenvalue weighted by Gasteiger charge is -2.25. The predicted molar refractivity (Wildman–Crippen MR) is 80.0 cm³/mol. The van der Waals surface area contributed by atoms with Crippen LogP contribution >= 0.6 is 11.3 Å². The largest absolute Gasteiger partial charge is 0.246 e. The lowest BCUT2D eigenvalue weighted by molar-refractivity contribution is 0.392. The molecule has 0 saturated heterocycles. The van der Waals surface area contributed by atoms with Crippen LogP contribution < -0.4 is 0 Å². The van der Waals surface area contributed by atoms with Crippen molar-refractivity contribution in [1.29, 1.82) is 0 Å². The van der Waals surface area contributed by atoms with Crippen LogP contribution in [0, 0.1) is 6.92 Å². The van der Waals surface area contributed by atoms with E-state index in [1.54, 1.807) is 15.6 Å². The van der Waals surface area contributed by atoms with Crippen LogP contribution in [0.15, 0.2) is 30.3 Å². The number of thiazole rings is 1. The fourth-order valence-electron chi connectivity index (χ4n) is 2.41. The summed E-state index contributed by atoms with van der Waals surface area (Å²) in [7, 11) is -3.26. The Kier molecular flexibility index (Phi) is 3.62. The van der Waals surface area contributed by atoms with Gasteiger partial charge in [-0.3, -0.25) is 0 Å². The molecule has 0 saturated carbocycles. The molecule has 1 aromatic heterocycles. The van der Waals surface area contributed by atoms with Crippen molar-refractivity contribution in [2.24, 2.45) is 0 Å². The van der Waals surface area contributed by atoms with Gasteiger partial charge in [-0.25, -0.2) is 13.4 Å². The van der Waals surface area contributed by atoms with Crippen molar-refractivity contribution in [1.82, 2.24) is 9.29 Å². The topological polar surface area (TPSA) is 50.3 Å². The molecule has 0 amide bonds. The van der Waals surface area contributed by atoms with Crippen LogP contribution in [0.3, 0.4) is 0 Å². The molecule has 6 heteroatoms. The monoisotopic (exact) mass is 308 g/mol. The van der Waals surface area contributed by atoms with E-state index in [2.05, 4.69) is 4.98 Å². The number of nitrogens with zero attached hydrogens (tertiary/aromatic N) is 2. The summed E-state index contributed by atoms with van der Waals surface area (Å²) >= 11 is 1.60. The molecule has 0 N–H and O–H groups in total. The fourth-order valence-corrected chi connectivity index (χ4v) is 4.99. The molecule has 3 rings (SSSR count). The molecule has 0 fully saturated rings. The Bertz CT molecular complexity index is 708. The molecule has 2 heterocycles. The minimum Gasteiger partial charge on any atom is -0.246 e. The number of aromatic nitrogens is 1.